The molecule has 0 aliphatic carbocycles. The summed E-state index contributed by atoms with van der Waals surface area (Å²) in [7, 11) is 0. The maximum Gasteiger partial charge on any atom is 0.435 e. The van der Waals surface area contributed by atoms with Crippen LogP contribution in [0.5, 0.6) is 0 Å². The molecule has 7 heteroatoms. The highest BCUT2D eigenvalue weighted by molar-refractivity contribution is 5.76. The highest BCUT2D eigenvalue weighted by atomic mass is 19.4. The fourth-order valence-electron chi connectivity index (χ4n) is 1.49. The standard InChI is InChI=1S/C12H18F3N3O/c1-11(2,3)8-10(19)16-5-7-18-6-4-9(17-18)12(13,14)15/h4,6H,5,7-8H2,1-3H3,(H,16,19). The Balaban J connectivity index is 2.38. The first-order chi connectivity index (χ1) is 8.58. The first-order valence-electron chi connectivity index (χ1n) is 5.95. The molecule has 1 amide bonds. The van der Waals surface area contributed by atoms with Crippen LogP contribution in [0.4, 0.5) is 13.2 Å². The van der Waals surface area contributed by atoms with E-state index in [1.807, 2.05) is 20.8 Å². The lowest BCUT2D eigenvalue weighted by atomic mass is 9.92. The summed E-state index contributed by atoms with van der Waals surface area (Å²) < 4.78 is 38.0. The summed E-state index contributed by atoms with van der Waals surface area (Å²) in [6.07, 6.45) is -2.81. The first-order valence-corrected chi connectivity index (χ1v) is 5.95. The number of hydrogen-bond donors (Lipinski definition) is 1. The molecule has 19 heavy (non-hydrogen) atoms. The van der Waals surface area contributed by atoms with Crippen molar-refractivity contribution in [2.75, 3.05) is 6.54 Å². The second-order valence-corrected chi connectivity index (χ2v) is 5.55. The summed E-state index contributed by atoms with van der Waals surface area (Å²) in [4.78, 5) is 11.5. The fourth-order valence-corrected chi connectivity index (χ4v) is 1.49. The largest absolute Gasteiger partial charge is 0.435 e. The molecule has 1 rings (SSSR count). The first kappa shape index (κ1) is 15.5. The van der Waals surface area contributed by atoms with Crippen LogP contribution in [0.1, 0.15) is 32.9 Å². The molecule has 1 aromatic rings. The van der Waals surface area contributed by atoms with E-state index >= 15 is 0 Å². The average molecular weight is 277 g/mol. The minimum atomic E-state index is -4.43. The Morgan fingerprint density at radius 3 is 2.47 bits per heavy atom. The van der Waals surface area contributed by atoms with Crippen molar-refractivity contribution < 1.29 is 18.0 Å². The number of nitrogens with zero attached hydrogens (tertiary/aromatic N) is 2. The van der Waals surface area contributed by atoms with Crippen molar-refractivity contribution in [1.82, 2.24) is 15.1 Å². The SMILES string of the molecule is CC(C)(C)CC(=O)NCCn1ccc(C(F)(F)F)n1. The zero-order chi connectivity index (χ0) is 14.7. The van der Waals surface area contributed by atoms with Gasteiger partial charge in [-0.05, 0) is 11.5 Å². The van der Waals surface area contributed by atoms with Crippen LogP contribution in [0, 0.1) is 5.41 Å². The Kier molecular flexibility index (Phi) is 4.60. The molecule has 1 N–H and O–H groups in total. The molecule has 0 atom stereocenters. The number of hydrogen-bond acceptors (Lipinski definition) is 2. The van der Waals surface area contributed by atoms with Crippen LogP contribution < -0.4 is 5.32 Å². The van der Waals surface area contributed by atoms with Crippen LogP contribution in [0.3, 0.4) is 0 Å². The summed E-state index contributed by atoms with van der Waals surface area (Å²) in [5, 5.41) is 6.05. The van der Waals surface area contributed by atoms with Crippen LogP contribution in [0.2, 0.25) is 0 Å². The molecule has 0 saturated heterocycles. The fraction of sp³-hybridized carbons (Fsp3) is 0.667. The lowest BCUT2D eigenvalue weighted by Gasteiger charge is -2.17. The van der Waals surface area contributed by atoms with Gasteiger partial charge in [-0.15, -0.1) is 0 Å². The van der Waals surface area contributed by atoms with Crippen molar-refractivity contribution in [2.45, 2.75) is 39.9 Å². The average Bonchev–Trinajstić information content (AvgIpc) is 2.62. The topological polar surface area (TPSA) is 46.9 Å². The van der Waals surface area contributed by atoms with Gasteiger partial charge in [0, 0.05) is 19.2 Å². The van der Waals surface area contributed by atoms with Gasteiger partial charge in [0.15, 0.2) is 5.69 Å². The van der Waals surface area contributed by atoms with E-state index in [0.717, 1.165) is 6.07 Å². The molecule has 1 heterocycles. The van der Waals surface area contributed by atoms with Gasteiger partial charge in [-0.3, -0.25) is 9.48 Å². The lowest BCUT2D eigenvalue weighted by Crippen LogP contribution is -2.30. The van der Waals surface area contributed by atoms with Crippen molar-refractivity contribution >= 4 is 5.91 Å². The third-order valence-corrected chi connectivity index (χ3v) is 2.29. The van der Waals surface area contributed by atoms with Crippen LogP contribution in [-0.4, -0.2) is 22.2 Å². The van der Waals surface area contributed by atoms with Crippen molar-refractivity contribution in [1.29, 1.82) is 0 Å². The molecule has 0 saturated carbocycles. The van der Waals surface area contributed by atoms with Crippen LogP contribution in [0.15, 0.2) is 12.3 Å². The zero-order valence-corrected chi connectivity index (χ0v) is 11.2. The van der Waals surface area contributed by atoms with E-state index in [1.165, 1.54) is 10.9 Å². The number of amides is 1. The van der Waals surface area contributed by atoms with Gasteiger partial charge in [0.1, 0.15) is 0 Å². The van der Waals surface area contributed by atoms with Crippen molar-refractivity contribution in [3.05, 3.63) is 18.0 Å². The molecule has 0 radical (unpaired) electrons. The van der Waals surface area contributed by atoms with Crippen molar-refractivity contribution in [3.8, 4) is 0 Å². The maximum atomic E-state index is 12.3. The monoisotopic (exact) mass is 277 g/mol. The molecule has 0 unspecified atom stereocenters. The second-order valence-electron chi connectivity index (χ2n) is 5.55. The normalized spacial score (nSPS) is 12.5. The number of carbonyl (C=O) groups is 1. The molecule has 0 bridgehead atoms. The van der Waals surface area contributed by atoms with E-state index in [-0.39, 0.29) is 24.4 Å². The van der Waals surface area contributed by atoms with Crippen LogP contribution in [0.25, 0.3) is 0 Å². The van der Waals surface area contributed by atoms with Gasteiger partial charge >= 0.3 is 6.18 Å². The number of rotatable bonds is 4. The zero-order valence-electron chi connectivity index (χ0n) is 11.2. The van der Waals surface area contributed by atoms with Gasteiger partial charge < -0.3 is 5.32 Å². The van der Waals surface area contributed by atoms with Crippen molar-refractivity contribution in [2.24, 2.45) is 5.41 Å². The minimum Gasteiger partial charge on any atom is -0.354 e. The van der Waals surface area contributed by atoms with E-state index in [9.17, 15) is 18.0 Å². The quantitative estimate of drug-likeness (QED) is 0.919. The summed E-state index contributed by atoms with van der Waals surface area (Å²) >= 11 is 0. The predicted octanol–water partition coefficient (Wildman–Crippen LogP) is 2.45. The van der Waals surface area contributed by atoms with E-state index in [4.69, 9.17) is 0 Å². The Hall–Kier alpha value is -1.53. The smallest absolute Gasteiger partial charge is 0.354 e. The van der Waals surface area contributed by atoms with Crippen molar-refractivity contribution in [3.63, 3.8) is 0 Å². The summed E-state index contributed by atoms with van der Waals surface area (Å²) in [6.45, 7) is 6.29. The third-order valence-electron chi connectivity index (χ3n) is 2.29. The van der Waals surface area contributed by atoms with E-state index in [0.29, 0.717) is 6.42 Å². The van der Waals surface area contributed by atoms with Crippen LogP contribution in [-0.2, 0) is 17.5 Å². The molecule has 1 aromatic heterocycles. The molecule has 0 aliphatic rings. The Morgan fingerprint density at radius 1 is 1.37 bits per heavy atom. The highest BCUT2D eigenvalue weighted by Gasteiger charge is 2.33. The molecule has 0 spiro atoms. The van der Waals surface area contributed by atoms with E-state index in [2.05, 4.69) is 10.4 Å². The summed E-state index contributed by atoms with van der Waals surface area (Å²) in [5.74, 6) is -0.115. The molecule has 4 nitrogen and oxygen atoms in total. The molecule has 0 aromatic carbocycles. The number of carbonyl (C=O) groups excluding carboxylic acids is 1. The lowest BCUT2D eigenvalue weighted by molar-refractivity contribution is -0.141. The van der Waals surface area contributed by atoms with E-state index < -0.39 is 11.9 Å². The van der Waals surface area contributed by atoms with E-state index in [1.54, 1.807) is 0 Å². The Bertz CT molecular complexity index is 432. The molecule has 0 fully saturated rings. The number of halogens is 3. The Labute approximate surface area is 110 Å². The molecule has 0 aliphatic heterocycles. The number of alkyl halides is 3. The van der Waals surface area contributed by atoms with Gasteiger partial charge in [-0.1, -0.05) is 20.8 Å². The second kappa shape index (κ2) is 5.63. The highest BCUT2D eigenvalue weighted by Crippen LogP contribution is 2.27. The summed E-state index contributed by atoms with van der Waals surface area (Å²) in [6, 6.07) is 0.914. The predicted molar refractivity (Wildman–Crippen MR) is 64.3 cm³/mol. The van der Waals surface area contributed by atoms with Gasteiger partial charge in [0.05, 0.1) is 6.54 Å². The number of aromatic nitrogens is 2. The van der Waals surface area contributed by atoms with Gasteiger partial charge in [0.25, 0.3) is 0 Å². The van der Waals surface area contributed by atoms with Gasteiger partial charge in [0.2, 0.25) is 5.91 Å². The Morgan fingerprint density at radius 2 is 2.00 bits per heavy atom. The molecule has 108 valence electrons. The van der Waals surface area contributed by atoms with Gasteiger partial charge in [-0.25, -0.2) is 0 Å². The van der Waals surface area contributed by atoms with Gasteiger partial charge in [-0.2, -0.15) is 18.3 Å². The van der Waals surface area contributed by atoms with Crippen LogP contribution >= 0.6 is 0 Å². The molecular formula is C12H18F3N3O. The minimum absolute atomic E-state index is 0.112. The maximum absolute atomic E-state index is 12.3. The summed E-state index contributed by atoms with van der Waals surface area (Å²) in [5.41, 5.74) is -1.03. The molecular weight excluding hydrogens is 259 g/mol. The number of nitrogens with one attached hydrogen (secondary N) is 1. The third kappa shape index (κ3) is 5.76.